The number of aromatic nitrogens is 2. The van der Waals surface area contributed by atoms with Crippen molar-refractivity contribution in [3.05, 3.63) is 18.0 Å². The highest BCUT2D eigenvalue weighted by molar-refractivity contribution is 5.03. The summed E-state index contributed by atoms with van der Waals surface area (Å²) in [5.41, 5.74) is 1.32. The Bertz CT molecular complexity index is 406. The van der Waals surface area contributed by atoms with E-state index < -0.39 is 0 Å². The summed E-state index contributed by atoms with van der Waals surface area (Å²) in [7, 11) is 1.99. The van der Waals surface area contributed by atoms with Crippen molar-refractivity contribution >= 4 is 0 Å². The fraction of sp³-hybridized carbons (Fsp3) is 0.824. The molecule has 2 unspecified atom stereocenters. The van der Waals surface area contributed by atoms with Crippen molar-refractivity contribution < 1.29 is 0 Å². The lowest BCUT2D eigenvalue weighted by molar-refractivity contribution is 0.149. The summed E-state index contributed by atoms with van der Waals surface area (Å²) < 4.78 is 1.90. The highest BCUT2D eigenvalue weighted by Gasteiger charge is 2.32. The largest absolute Gasteiger partial charge is 0.310 e. The Hall–Kier alpha value is -0.830. The van der Waals surface area contributed by atoms with E-state index in [0.717, 1.165) is 24.4 Å². The fourth-order valence-corrected chi connectivity index (χ4v) is 4.35. The van der Waals surface area contributed by atoms with E-state index >= 15 is 0 Å². The van der Waals surface area contributed by atoms with Crippen LogP contribution in [0.25, 0.3) is 0 Å². The quantitative estimate of drug-likeness (QED) is 0.909. The second-order valence-corrected chi connectivity index (χ2v) is 6.86. The molecular weight excluding hydrogens is 246 g/mol. The first-order chi connectivity index (χ1) is 9.83. The molecule has 1 N–H and O–H groups in total. The molecule has 3 rings (SSSR count). The summed E-state index contributed by atoms with van der Waals surface area (Å²) in [5.74, 6) is 1.93. The number of hydrogen-bond acceptors (Lipinski definition) is 2. The highest BCUT2D eigenvalue weighted by atomic mass is 15.2. The monoisotopic (exact) mass is 275 g/mol. The zero-order valence-corrected chi connectivity index (χ0v) is 12.9. The molecule has 2 saturated carbocycles. The molecule has 2 aliphatic rings. The molecule has 0 amide bonds. The fourth-order valence-electron chi connectivity index (χ4n) is 4.35. The van der Waals surface area contributed by atoms with Crippen LogP contribution in [0.4, 0.5) is 0 Å². The molecule has 0 spiro atoms. The van der Waals surface area contributed by atoms with Crippen molar-refractivity contribution in [2.24, 2.45) is 18.9 Å². The SMILES string of the molecule is Cn1cc(CNC2CCCCC2C2CCCCC2)cn1. The predicted octanol–water partition coefficient (Wildman–Crippen LogP) is 3.65. The molecule has 0 aromatic carbocycles. The topological polar surface area (TPSA) is 29.9 Å². The second kappa shape index (κ2) is 6.75. The van der Waals surface area contributed by atoms with Gasteiger partial charge < -0.3 is 5.32 Å². The van der Waals surface area contributed by atoms with Crippen LogP contribution in [-0.4, -0.2) is 15.8 Å². The van der Waals surface area contributed by atoms with Gasteiger partial charge in [-0.2, -0.15) is 5.10 Å². The minimum Gasteiger partial charge on any atom is -0.310 e. The first-order valence-corrected chi connectivity index (χ1v) is 8.54. The number of nitrogens with zero attached hydrogens (tertiary/aromatic N) is 2. The Morgan fingerprint density at radius 1 is 1.10 bits per heavy atom. The molecule has 0 bridgehead atoms. The van der Waals surface area contributed by atoms with Gasteiger partial charge in [-0.1, -0.05) is 44.9 Å². The van der Waals surface area contributed by atoms with E-state index in [2.05, 4.69) is 16.6 Å². The van der Waals surface area contributed by atoms with Gasteiger partial charge >= 0.3 is 0 Å². The summed E-state index contributed by atoms with van der Waals surface area (Å²) >= 11 is 0. The molecule has 2 fully saturated rings. The average Bonchev–Trinajstić information content (AvgIpc) is 2.92. The zero-order valence-electron chi connectivity index (χ0n) is 12.9. The summed E-state index contributed by atoms with van der Waals surface area (Å²) in [6.07, 6.45) is 17.2. The average molecular weight is 275 g/mol. The van der Waals surface area contributed by atoms with Crippen LogP contribution in [-0.2, 0) is 13.6 Å². The van der Waals surface area contributed by atoms with Crippen molar-refractivity contribution in [1.29, 1.82) is 0 Å². The van der Waals surface area contributed by atoms with Gasteiger partial charge in [0.2, 0.25) is 0 Å². The molecule has 2 atom stereocenters. The Balaban J connectivity index is 1.57. The number of hydrogen-bond donors (Lipinski definition) is 1. The molecular formula is C17H29N3. The molecule has 0 saturated heterocycles. The van der Waals surface area contributed by atoms with E-state index in [1.54, 1.807) is 0 Å². The smallest absolute Gasteiger partial charge is 0.0534 e. The van der Waals surface area contributed by atoms with Crippen molar-refractivity contribution in [3.63, 3.8) is 0 Å². The molecule has 1 aromatic heterocycles. The third-order valence-corrected chi connectivity index (χ3v) is 5.40. The van der Waals surface area contributed by atoms with Crippen LogP contribution >= 0.6 is 0 Å². The first-order valence-electron chi connectivity index (χ1n) is 8.54. The molecule has 0 radical (unpaired) electrons. The van der Waals surface area contributed by atoms with Gasteiger partial charge in [-0.15, -0.1) is 0 Å². The summed E-state index contributed by atoms with van der Waals surface area (Å²) in [5, 5.41) is 8.11. The van der Waals surface area contributed by atoms with Gasteiger partial charge in [0.05, 0.1) is 6.20 Å². The van der Waals surface area contributed by atoms with E-state index in [4.69, 9.17) is 0 Å². The third-order valence-electron chi connectivity index (χ3n) is 5.40. The van der Waals surface area contributed by atoms with E-state index in [1.165, 1.54) is 63.4 Å². The van der Waals surface area contributed by atoms with Gasteiger partial charge in [0.15, 0.2) is 0 Å². The zero-order chi connectivity index (χ0) is 13.8. The Morgan fingerprint density at radius 2 is 1.85 bits per heavy atom. The van der Waals surface area contributed by atoms with E-state index in [-0.39, 0.29) is 0 Å². The lowest BCUT2D eigenvalue weighted by Crippen LogP contribution is -2.42. The van der Waals surface area contributed by atoms with Crippen LogP contribution in [0, 0.1) is 11.8 Å². The number of aryl methyl sites for hydroxylation is 1. The van der Waals surface area contributed by atoms with Gasteiger partial charge in [0.25, 0.3) is 0 Å². The maximum absolute atomic E-state index is 4.27. The molecule has 1 heterocycles. The number of nitrogens with one attached hydrogen (secondary N) is 1. The standard InChI is InChI=1S/C17H29N3/c1-20-13-14(12-19-20)11-18-17-10-6-5-9-16(17)15-7-3-2-4-8-15/h12-13,15-18H,2-11H2,1H3. The summed E-state index contributed by atoms with van der Waals surface area (Å²) in [6.45, 7) is 0.988. The van der Waals surface area contributed by atoms with Crippen molar-refractivity contribution in [1.82, 2.24) is 15.1 Å². The predicted molar refractivity (Wildman–Crippen MR) is 82.4 cm³/mol. The van der Waals surface area contributed by atoms with E-state index in [9.17, 15) is 0 Å². The maximum Gasteiger partial charge on any atom is 0.0534 e. The Labute approximate surface area is 123 Å². The van der Waals surface area contributed by atoms with Gasteiger partial charge in [0, 0.05) is 31.4 Å². The minimum atomic E-state index is 0.743. The van der Waals surface area contributed by atoms with Gasteiger partial charge in [-0.05, 0) is 24.7 Å². The van der Waals surface area contributed by atoms with Crippen molar-refractivity contribution in [2.45, 2.75) is 70.4 Å². The van der Waals surface area contributed by atoms with Crippen LogP contribution < -0.4 is 5.32 Å². The van der Waals surface area contributed by atoms with Crippen LogP contribution in [0.15, 0.2) is 12.4 Å². The first kappa shape index (κ1) is 14.1. The van der Waals surface area contributed by atoms with Gasteiger partial charge in [-0.3, -0.25) is 4.68 Å². The van der Waals surface area contributed by atoms with E-state index in [0.29, 0.717) is 0 Å². The van der Waals surface area contributed by atoms with Gasteiger partial charge in [0.1, 0.15) is 0 Å². The molecule has 112 valence electrons. The normalized spacial score (nSPS) is 28.6. The lowest BCUT2D eigenvalue weighted by atomic mass is 9.71. The Morgan fingerprint density at radius 3 is 2.60 bits per heavy atom. The van der Waals surface area contributed by atoms with Crippen LogP contribution in [0.5, 0.6) is 0 Å². The maximum atomic E-state index is 4.27. The van der Waals surface area contributed by atoms with Crippen LogP contribution in [0.2, 0.25) is 0 Å². The summed E-state index contributed by atoms with van der Waals surface area (Å²) in [4.78, 5) is 0. The molecule has 3 heteroatoms. The third kappa shape index (κ3) is 3.43. The minimum absolute atomic E-state index is 0.743. The van der Waals surface area contributed by atoms with Crippen molar-refractivity contribution in [2.75, 3.05) is 0 Å². The van der Waals surface area contributed by atoms with Crippen LogP contribution in [0.1, 0.15) is 63.4 Å². The molecule has 2 aliphatic carbocycles. The Kier molecular flexibility index (Phi) is 4.77. The molecule has 0 aliphatic heterocycles. The van der Waals surface area contributed by atoms with Crippen LogP contribution in [0.3, 0.4) is 0 Å². The molecule has 20 heavy (non-hydrogen) atoms. The lowest BCUT2D eigenvalue weighted by Gasteiger charge is -2.39. The number of rotatable bonds is 4. The van der Waals surface area contributed by atoms with Gasteiger partial charge in [-0.25, -0.2) is 0 Å². The van der Waals surface area contributed by atoms with E-state index in [1.807, 2.05) is 17.9 Å². The molecule has 1 aromatic rings. The van der Waals surface area contributed by atoms with Crippen molar-refractivity contribution in [3.8, 4) is 0 Å². The highest BCUT2D eigenvalue weighted by Crippen LogP contribution is 2.38. The molecule has 3 nitrogen and oxygen atoms in total. The summed E-state index contributed by atoms with van der Waals surface area (Å²) in [6, 6.07) is 0.743. The second-order valence-electron chi connectivity index (χ2n) is 6.86.